The third-order valence-electron chi connectivity index (χ3n) is 3.20. The number of nitrogens with two attached hydrogens (primary N) is 3. The summed E-state index contributed by atoms with van der Waals surface area (Å²) in [5, 5.41) is 25.1. The Labute approximate surface area is 173 Å². The summed E-state index contributed by atoms with van der Waals surface area (Å²) in [7, 11) is 0. The van der Waals surface area contributed by atoms with E-state index in [0.29, 0.717) is 17.8 Å². The summed E-state index contributed by atoms with van der Waals surface area (Å²) in [6.07, 6.45) is 0. The first-order chi connectivity index (χ1) is 9.54. The molecule has 3 atom stereocenters. The van der Waals surface area contributed by atoms with Gasteiger partial charge < -0.3 is 57.3 Å². The molecule has 0 saturated carbocycles. The van der Waals surface area contributed by atoms with Crippen molar-refractivity contribution in [2.45, 2.75) is 59.7 Å². The minimum absolute atomic E-state index is 0. The van der Waals surface area contributed by atoms with E-state index in [1.54, 1.807) is 0 Å². The van der Waals surface area contributed by atoms with Gasteiger partial charge in [-0.1, -0.05) is 41.5 Å². The molecule has 0 radical (unpaired) electrons. The number of halogens is 2. The number of rotatable bonds is 6. The molecule has 0 amide bonds. The first-order valence-corrected chi connectivity index (χ1v) is 7.64. The first-order valence-electron chi connectivity index (χ1n) is 7.64. The molecule has 9 N–H and O–H groups in total. The molecule has 9 heteroatoms. The van der Waals surface area contributed by atoms with Crippen molar-refractivity contribution in [3.8, 4) is 0 Å². The second-order valence-corrected chi connectivity index (χ2v) is 6.27. The normalized spacial score (nSPS) is 13.1. The maximum absolute atomic E-state index is 8.38. The number of aliphatic hydroxyl groups is 3. The average Bonchev–Trinajstić information content (AvgIpc) is 2.45. The molecule has 0 aliphatic rings. The van der Waals surface area contributed by atoms with Crippen molar-refractivity contribution in [1.29, 1.82) is 0 Å². The fourth-order valence-corrected chi connectivity index (χ4v) is 0.632. The van der Waals surface area contributed by atoms with E-state index in [1.165, 1.54) is 0 Å². The third-order valence-corrected chi connectivity index (χ3v) is 3.20. The van der Waals surface area contributed by atoms with Gasteiger partial charge in [0, 0.05) is 18.1 Å². The van der Waals surface area contributed by atoms with Crippen molar-refractivity contribution in [3.63, 3.8) is 0 Å². The summed E-state index contributed by atoms with van der Waals surface area (Å²) in [4.78, 5) is 0. The van der Waals surface area contributed by atoms with Gasteiger partial charge in [-0.25, -0.2) is 0 Å². The van der Waals surface area contributed by atoms with Gasteiger partial charge in [-0.3, -0.25) is 0 Å². The van der Waals surface area contributed by atoms with E-state index in [-0.39, 0.29) is 82.2 Å². The van der Waals surface area contributed by atoms with Crippen LogP contribution in [-0.2, 0) is 19.5 Å². The van der Waals surface area contributed by atoms with Crippen LogP contribution in [0.5, 0.6) is 0 Å². The number of hydrogen-bond donors (Lipinski definition) is 6. The smallest absolute Gasteiger partial charge is 1.00 e. The van der Waals surface area contributed by atoms with Gasteiger partial charge in [-0.05, 0) is 17.8 Å². The Bertz CT molecular complexity index is 185. The van der Waals surface area contributed by atoms with Crippen LogP contribution < -0.4 is 42.0 Å². The van der Waals surface area contributed by atoms with E-state index in [0.717, 1.165) is 0 Å². The Kier molecular flexibility index (Phi) is 43.5. The van der Waals surface area contributed by atoms with Gasteiger partial charge in [-0.2, -0.15) is 0 Å². The van der Waals surface area contributed by atoms with E-state index < -0.39 is 0 Å². The van der Waals surface area contributed by atoms with Crippen molar-refractivity contribution in [1.82, 2.24) is 0 Å². The van der Waals surface area contributed by atoms with Crippen molar-refractivity contribution < 1.29 is 59.6 Å². The van der Waals surface area contributed by atoms with Gasteiger partial charge in [0.2, 0.25) is 0 Å². The Balaban J connectivity index is -0.0000000476. The van der Waals surface area contributed by atoms with Gasteiger partial charge in [0.25, 0.3) is 0 Å². The van der Waals surface area contributed by atoms with Crippen LogP contribution >= 0.6 is 0 Å². The van der Waals surface area contributed by atoms with Crippen LogP contribution in [0.3, 0.4) is 0 Å². The van der Waals surface area contributed by atoms with Crippen LogP contribution in [0.2, 0.25) is 0 Å². The molecule has 0 aliphatic carbocycles. The summed E-state index contributed by atoms with van der Waals surface area (Å²) >= 11 is 0. The van der Waals surface area contributed by atoms with Gasteiger partial charge in [0.05, 0.1) is 19.8 Å². The van der Waals surface area contributed by atoms with E-state index in [2.05, 4.69) is 0 Å². The first kappa shape index (κ1) is 39.9. The van der Waals surface area contributed by atoms with Gasteiger partial charge in [0.15, 0.2) is 0 Å². The third kappa shape index (κ3) is 30.8. The Morgan fingerprint density at radius 1 is 0.542 bits per heavy atom. The average molecular weight is 446 g/mol. The van der Waals surface area contributed by atoms with Crippen LogP contribution in [-0.4, -0.2) is 53.3 Å². The van der Waals surface area contributed by atoms with E-state index in [4.69, 9.17) is 32.5 Å². The molecular weight excluding hydrogens is 406 g/mol. The molecule has 0 bridgehead atoms. The van der Waals surface area contributed by atoms with Crippen molar-refractivity contribution in [3.05, 3.63) is 0 Å². The molecule has 0 aliphatic heterocycles. The van der Waals surface area contributed by atoms with Crippen LogP contribution in [0.1, 0.15) is 41.5 Å². The quantitative estimate of drug-likeness (QED) is 0.225. The maximum Gasteiger partial charge on any atom is 2.00 e. The molecule has 0 rings (SSSR count). The topological polar surface area (TPSA) is 139 Å². The Morgan fingerprint density at radius 2 is 0.667 bits per heavy atom. The zero-order valence-corrected chi connectivity index (χ0v) is 20.6. The van der Waals surface area contributed by atoms with Crippen LogP contribution in [0.4, 0.5) is 0 Å². The SMILES string of the molecule is CC(C)[C@H](N)CO.CC(C)[C@H](N)CO.CC(C)[C@H](N)CO.[Cl-].[Cl-].[Zn+2]. The maximum atomic E-state index is 8.38. The second-order valence-electron chi connectivity index (χ2n) is 6.27. The molecule has 0 aromatic carbocycles. The monoisotopic (exact) mass is 443 g/mol. The molecule has 0 aromatic heterocycles. The Hall–Kier alpha value is 0.963. The van der Waals surface area contributed by atoms with Crippen molar-refractivity contribution in [2.75, 3.05) is 19.8 Å². The van der Waals surface area contributed by atoms with Gasteiger partial charge in [-0.15, -0.1) is 0 Å². The molecule has 0 fully saturated rings. The second kappa shape index (κ2) is 26.2. The van der Waals surface area contributed by atoms with Crippen LogP contribution in [0.25, 0.3) is 0 Å². The largest absolute Gasteiger partial charge is 2.00 e. The van der Waals surface area contributed by atoms with E-state index in [9.17, 15) is 0 Å². The fourth-order valence-electron chi connectivity index (χ4n) is 0.632. The molecule has 0 aromatic rings. The molecule has 0 heterocycles. The predicted molar refractivity (Wildman–Crippen MR) is 89.7 cm³/mol. The molecule has 24 heavy (non-hydrogen) atoms. The standard InChI is InChI=1S/3C5H13NO.2ClH.Zn/c3*1-4(2)5(6)3-7;;;/h3*4-5,7H,3,6H2,1-2H3;2*1H;/q;;;;;+2/p-2/t3*5-;;;/m111.../s1. The van der Waals surface area contributed by atoms with Gasteiger partial charge in [0.1, 0.15) is 0 Å². The summed E-state index contributed by atoms with van der Waals surface area (Å²) in [5.41, 5.74) is 16.1. The summed E-state index contributed by atoms with van der Waals surface area (Å²) in [6, 6.07) is -0.125. The molecule has 0 spiro atoms. The van der Waals surface area contributed by atoms with E-state index in [1.807, 2.05) is 41.5 Å². The molecule has 0 unspecified atom stereocenters. The molecular formula is C15H39Cl2N3O3Zn. The van der Waals surface area contributed by atoms with E-state index >= 15 is 0 Å². The van der Waals surface area contributed by atoms with Gasteiger partial charge >= 0.3 is 19.5 Å². The van der Waals surface area contributed by atoms with Crippen molar-refractivity contribution in [2.24, 2.45) is 35.0 Å². The summed E-state index contributed by atoms with van der Waals surface area (Å²) in [6.45, 7) is 12.2. The minimum atomic E-state index is -0.0417. The molecule has 0 saturated heterocycles. The van der Waals surface area contributed by atoms with Crippen molar-refractivity contribution >= 4 is 0 Å². The summed E-state index contributed by atoms with van der Waals surface area (Å²) in [5.74, 6) is 1.18. The fraction of sp³-hybridized carbons (Fsp3) is 1.00. The number of hydrogen-bond acceptors (Lipinski definition) is 6. The van der Waals surface area contributed by atoms with Crippen LogP contribution in [0.15, 0.2) is 0 Å². The molecule has 6 nitrogen and oxygen atoms in total. The minimum Gasteiger partial charge on any atom is -1.00 e. The summed E-state index contributed by atoms with van der Waals surface area (Å²) < 4.78 is 0. The predicted octanol–water partition coefficient (Wildman–Crippen LogP) is -6.11. The Morgan fingerprint density at radius 3 is 0.667 bits per heavy atom. The van der Waals surface area contributed by atoms with Crippen LogP contribution in [0, 0.1) is 17.8 Å². The number of aliphatic hydroxyl groups excluding tert-OH is 3. The zero-order valence-electron chi connectivity index (χ0n) is 16.1. The zero-order chi connectivity index (χ0) is 17.6. The molecule has 148 valence electrons.